The van der Waals surface area contributed by atoms with Crippen molar-refractivity contribution in [2.45, 2.75) is 118 Å². The van der Waals surface area contributed by atoms with Crippen LogP contribution in [0, 0.1) is 0 Å². The lowest BCUT2D eigenvalue weighted by atomic mass is 10.2. The lowest BCUT2D eigenvalue weighted by molar-refractivity contribution is -0.152. The van der Waals surface area contributed by atoms with Crippen molar-refractivity contribution in [1.82, 2.24) is 10.6 Å². The number of nitrogens with one attached hydrogen (secondary N) is 2. The second kappa shape index (κ2) is 27.8. The van der Waals surface area contributed by atoms with Gasteiger partial charge in [-0.05, 0) is 94.4 Å². The Morgan fingerprint density at radius 2 is 0.804 bits per heavy atom. The normalized spacial score (nSPS) is 13.4. The standard InChI is InChI=1S/C32H66N2O14Si3/c1-11-39-29(35)25-27(31(37)41-13-3)33-21-19-23-50(43-15-5,44-16-6)47-49(9,10)48-51(45-17-7,46-18-8)24-20-22-34-28(32(38)42-14-4)26-30(36)40-12-2/h27-28,33-34H,11-26H2,1-10H3. The number of ether oxygens (including phenoxy) is 4. The Bertz CT molecular complexity index is 909. The molecule has 0 aliphatic carbocycles. The van der Waals surface area contributed by atoms with Crippen LogP contribution in [0.5, 0.6) is 0 Å². The molecular weight excluding hydrogens is 721 g/mol. The molecule has 16 nitrogen and oxygen atoms in total. The zero-order chi connectivity index (χ0) is 38.8. The van der Waals surface area contributed by atoms with E-state index in [-0.39, 0.29) is 39.3 Å². The molecule has 0 aromatic rings. The Morgan fingerprint density at radius 3 is 1.08 bits per heavy atom. The zero-order valence-corrected chi connectivity index (χ0v) is 35.7. The molecule has 0 heterocycles. The molecule has 0 aliphatic heterocycles. The van der Waals surface area contributed by atoms with E-state index in [4.69, 9.17) is 44.9 Å². The number of rotatable bonds is 32. The maximum Gasteiger partial charge on any atom is 0.492 e. The molecule has 0 fully saturated rings. The Kier molecular flexibility index (Phi) is 26.8. The molecule has 0 amide bonds. The lowest BCUT2D eigenvalue weighted by Crippen LogP contribution is -2.60. The summed E-state index contributed by atoms with van der Waals surface area (Å²) in [4.78, 5) is 49.3. The third-order valence-corrected chi connectivity index (χ3v) is 18.1. The second-order valence-corrected chi connectivity index (χ2v) is 20.8. The largest absolute Gasteiger partial charge is 0.492 e. The van der Waals surface area contributed by atoms with Crippen molar-refractivity contribution in [3.05, 3.63) is 0 Å². The second-order valence-electron chi connectivity index (χ2n) is 11.4. The van der Waals surface area contributed by atoms with Crippen LogP contribution in [0.2, 0.25) is 25.2 Å². The third-order valence-electron chi connectivity index (χ3n) is 6.86. The maximum atomic E-state index is 12.5. The molecule has 0 saturated heterocycles. The van der Waals surface area contributed by atoms with E-state index in [1.807, 2.05) is 40.8 Å². The van der Waals surface area contributed by atoms with E-state index in [9.17, 15) is 19.2 Å². The fourth-order valence-corrected chi connectivity index (χ4v) is 17.2. The number of hydrogen-bond donors (Lipinski definition) is 2. The first-order valence-corrected chi connectivity index (χ1v) is 25.0. The molecule has 0 aliphatic rings. The van der Waals surface area contributed by atoms with E-state index in [0.29, 0.717) is 64.4 Å². The highest BCUT2D eigenvalue weighted by Gasteiger charge is 2.52. The summed E-state index contributed by atoms with van der Waals surface area (Å²) in [5.74, 6) is -2.04. The SMILES string of the molecule is CCOC(=O)CC(NCCC[Si](OCC)(OCC)O[Si](C)(C)O[Si](CCCNC(CC(=O)OCC)C(=O)OCC)(OCC)OCC)C(=O)OCC. The summed E-state index contributed by atoms with van der Waals surface area (Å²) in [7, 11) is -9.77. The van der Waals surface area contributed by atoms with Crippen molar-refractivity contribution in [3.8, 4) is 0 Å². The van der Waals surface area contributed by atoms with Crippen molar-refractivity contribution >= 4 is 50.0 Å². The topological polar surface area (TPSA) is 185 Å². The van der Waals surface area contributed by atoms with Crippen LogP contribution < -0.4 is 10.6 Å². The van der Waals surface area contributed by atoms with Gasteiger partial charge in [-0.15, -0.1) is 0 Å². The van der Waals surface area contributed by atoms with Crippen LogP contribution in [0.4, 0.5) is 0 Å². The molecule has 0 saturated carbocycles. The highest BCUT2D eigenvalue weighted by molar-refractivity contribution is 6.82. The summed E-state index contributed by atoms with van der Waals surface area (Å²) in [5.41, 5.74) is 0. The van der Waals surface area contributed by atoms with Gasteiger partial charge >= 0.3 is 50.0 Å². The van der Waals surface area contributed by atoms with Crippen molar-refractivity contribution in [3.63, 3.8) is 0 Å². The van der Waals surface area contributed by atoms with Crippen LogP contribution in [0.25, 0.3) is 0 Å². The molecule has 0 aromatic carbocycles. The summed E-state index contributed by atoms with van der Waals surface area (Å²) in [6, 6.07) is -0.891. The Balaban J connectivity index is 5.86. The summed E-state index contributed by atoms with van der Waals surface area (Å²) in [5, 5.41) is 6.24. The predicted octanol–water partition coefficient (Wildman–Crippen LogP) is 3.47. The third kappa shape index (κ3) is 20.9. The van der Waals surface area contributed by atoms with Gasteiger partial charge in [0.25, 0.3) is 0 Å². The molecule has 19 heteroatoms. The molecule has 300 valence electrons. The Labute approximate surface area is 308 Å². The van der Waals surface area contributed by atoms with Gasteiger partial charge in [-0.25, -0.2) is 0 Å². The zero-order valence-electron chi connectivity index (χ0n) is 32.7. The summed E-state index contributed by atoms with van der Waals surface area (Å²) in [6.07, 6.45) is 0.715. The quantitative estimate of drug-likeness (QED) is 0.0437. The highest BCUT2D eigenvalue weighted by atomic mass is 28.5. The Hall–Kier alpha value is -1.79. The summed E-state index contributed by atoms with van der Waals surface area (Å²) in [6.45, 7) is 21.0. The molecule has 0 spiro atoms. The predicted molar refractivity (Wildman–Crippen MR) is 196 cm³/mol. The van der Waals surface area contributed by atoms with Gasteiger partial charge in [0, 0.05) is 38.5 Å². The van der Waals surface area contributed by atoms with Crippen molar-refractivity contribution in [1.29, 1.82) is 0 Å². The van der Waals surface area contributed by atoms with Crippen LogP contribution in [0.1, 0.15) is 81.1 Å². The van der Waals surface area contributed by atoms with Crippen molar-refractivity contribution in [2.75, 3.05) is 65.9 Å². The fraction of sp³-hybridized carbons (Fsp3) is 0.875. The molecule has 0 aromatic heterocycles. The van der Waals surface area contributed by atoms with Gasteiger partial charge in [0.2, 0.25) is 0 Å². The molecular formula is C32H66N2O14Si3. The molecule has 0 rings (SSSR count). The van der Waals surface area contributed by atoms with E-state index >= 15 is 0 Å². The van der Waals surface area contributed by atoms with Gasteiger partial charge in [-0.3, -0.25) is 19.2 Å². The first-order valence-electron chi connectivity index (χ1n) is 18.3. The summed E-state index contributed by atoms with van der Waals surface area (Å²) >= 11 is 0. The molecule has 51 heavy (non-hydrogen) atoms. The molecule has 0 radical (unpaired) electrons. The van der Waals surface area contributed by atoms with E-state index in [2.05, 4.69) is 10.6 Å². The van der Waals surface area contributed by atoms with E-state index < -0.39 is 62.1 Å². The minimum Gasteiger partial charge on any atom is -0.466 e. The first-order chi connectivity index (χ1) is 24.3. The average molecular weight is 787 g/mol. The highest BCUT2D eigenvalue weighted by Crippen LogP contribution is 2.29. The Morgan fingerprint density at radius 1 is 0.490 bits per heavy atom. The fourth-order valence-electron chi connectivity index (χ4n) is 5.14. The molecule has 2 N–H and O–H groups in total. The van der Waals surface area contributed by atoms with E-state index in [0.717, 1.165) is 0 Å². The molecule has 2 atom stereocenters. The number of hydrogen-bond acceptors (Lipinski definition) is 16. The number of carbonyl (C=O) groups excluding carboxylic acids is 4. The number of esters is 4. The minimum absolute atomic E-state index is 0.150. The van der Waals surface area contributed by atoms with Gasteiger partial charge in [0.15, 0.2) is 0 Å². The smallest absolute Gasteiger partial charge is 0.466 e. The monoisotopic (exact) mass is 786 g/mol. The van der Waals surface area contributed by atoms with Gasteiger partial charge in [0.1, 0.15) is 12.1 Å². The van der Waals surface area contributed by atoms with Gasteiger partial charge < -0.3 is 55.5 Å². The lowest BCUT2D eigenvalue weighted by Gasteiger charge is -2.40. The molecule has 2 unspecified atom stereocenters. The van der Waals surface area contributed by atoms with Crippen molar-refractivity contribution in [2.24, 2.45) is 0 Å². The van der Waals surface area contributed by atoms with E-state index in [1.165, 1.54) is 0 Å². The van der Waals surface area contributed by atoms with Gasteiger partial charge in [-0.2, -0.15) is 0 Å². The average Bonchev–Trinajstić information content (AvgIpc) is 3.04. The van der Waals surface area contributed by atoms with E-state index in [1.54, 1.807) is 27.7 Å². The van der Waals surface area contributed by atoms with Crippen molar-refractivity contribution < 1.29 is 64.1 Å². The van der Waals surface area contributed by atoms with Crippen LogP contribution in [0.3, 0.4) is 0 Å². The summed E-state index contributed by atoms with van der Waals surface area (Å²) < 4.78 is 58.9. The van der Waals surface area contributed by atoms with Crippen LogP contribution in [-0.4, -0.2) is 128 Å². The van der Waals surface area contributed by atoms with Crippen LogP contribution in [0.15, 0.2) is 0 Å². The van der Waals surface area contributed by atoms with Crippen LogP contribution in [-0.2, 0) is 64.1 Å². The molecule has 0 bridgehead atoms. The minimum atomic E-state index is -3.34. The first kappa shape index (κ1) is 49.2. The van der Waals surface area contributed by atoms with Crippen LogP contribution >= 0.6 is 0 Å². The van der Waals surface area contributed by atoms with Gasteiger partial charge in [0.05, 0.1) is 39.3 Å². The van der Waals surface area contributed by atoms with Gasteiger partial charge in [-0.1, -0.05) is 0 Å². The number of carbonyl (C=O) groups is 4. The maximum absolute atomic E-state index is 12.5.